The number of hydrogen-bond donors (Lipinski definition) is 2. The van der Waals surface area contributed by atoms with Crippen LogP contribution in [0.15, 0.2) is 71.6 Å². The lowest BCUT2D eigenvalue weighted by Crippen LogP contribution is -2.27. The summed E-state index contributed by atoms with van der Waals surface area (Å²) in [5, 5.41) is 2.87. The van der Waals surface area contributed by atoms with Crippen LogP contribution in [-0.2, 0) is 16.4 Å². The maximum Gasteiger partial charge on any atom is 0.261 e. The molecular weight excluding hydrogens is 412 g/mol. The fraction of sp³-hybridized carbons (Fsp3) is 0.208. The van der Waals surface area contributed by atoms with Gasteiger partial charge < -0.3 is 10.1 Å². The largest absolute Gasteiger partial charge is 0.497 e. The van der Waals surface area contributed by atoms with E-state index in [1.165, 1.54) is 12.1 Å². The van der Waals surface area contributed by atoms with Gasteiger partial charge in [-0.2, -0.15) is 0 Å². The second kappa shape index (κ2) is 9.66. The Morgan fingerprint density at radius 2 is 1.65 bits per heavy atom. The molecule has 0 bridgehead atoms. The molecule has 0 saturated heterocycles. The lowest BCUT2D eigenvalue weighted by atomic mass is 10.1. The van der Waals surface area contributed by atoms with E-state index in [-0.39, 0.29) is 10.8 Å². The first kappa shape index (κ1) is 22.4. The van der Waals surface area contributed by atoms with Crippen LogP contribution in [-0.4, -0.2) is 28.0 Å². The van der Waals surface area contributed by atoms with Gasteiger partial charge in [-0.05, 0) is 67.3 Å². The summed E-state index contributed by atoms with van der Waals surface area (Å²) in [5.41, 5.74) is 3.43. The highest BCUT2D eigenvalue weighted by molar-refractivity contribution is 7.92. The first-order valence-corrected chi connectivity index (χ1v) is 11.4. The molecule has 3 aromatic carbocycles. The number of aryl methyl sites for hydroxylation is 2. The van der Waals surface area contributed by atoms with Crippen molar-refractivity contribution < 1.29 is 17.9 Å². The van der Waals surface area contributed by atoms with Gasteiger partial charge >= 0.3 is 0 Å². The molecule has 3 aromatic rings. The molecule has 0 fully saturated rings. The minimum atomic E-state index is -3.82. The van der Waals surface area contributed by atoms with Crippen molar-refractivity contribution in [3.8, 4) is 5.75 Å². The summed E-state index contributed by atoms with van der Waals surface area (Å²) in [6.45, 7) is 4.04. The van der Waals surface area contributed by atoms with Crippen molar-refractivity contribution >= 4 is 21.6 Å². The highest BCUT2D eigenvalue weighted by Gasteiger charge is 2.19. The Bertz CT molecular complexity index is 1170. The fourth-order valence-corrected chi connectivity index (χ4v) is 4.27. The molecular formula is C24H26N2O4S. The van der Waals surface area contributed by atoms with E-state index in [9.17, 15) is 13.2 Å². The van der Waals surface area contributed by atoms with Gasteiger partial charge in [0.15, 0.2) is 0 Å². The van der Waals surface area contributed by atoms with Gasteiger partial charge in [-0.1, -0.05) is 36.4 Å². The van der Waals surface area contributed by atoms with Gasteiger partial charge in [0.2, 0.25) is 0 Å². The SMILES string of the molecule is COc1ccc(CCNC(=O)c2cc(S(=O)(=O)Nc3ccccc3C)ccc2C)cc1. The van der Waals surface area contributed by atoms with Crippen molar-refractivity contribution in [3.05, 3.63) is 89.0 Å². The monoisotopic (exact) mass is 438 g/mol. The number of rotatable bonds is 8. The van der Waals surface area contributed by atoms with Gasteiger partial charge in [0.25, 0.3) is 15.9 Å². The second-order valence-corrected chi connectivity index (χ2v) is 8.93. The first-order chi connectivity index (χ1) is 14.8. The summed E-state index contributed by atoms with van der Waals surface area (Å²) in [4.78, 5) is 12.7. The zero-order valence-electron chi connectivity index (χ0n) is 17.8. The maximum absolute atomic E-state index is 12.8. The van der Waals surface area contributed by atoms with E-state index < -0.39 is 10.0 Å². The number of carbonyl (C=O) groups is 1. The number of para-hydroxylation sites is 1. The van der Waals surface area contributed by atoms with Crippen molar-refractivity contribution in [3.63, 3.8) is 0 Å². The summed E-state index contributed by atoms with van der Waals surface area (Å²) in [5.74, 6) is 0.472. The normalized spacial score (nSPS) is 11.1. The van der Waals surface area contributed by atoms with E-state index in [4.69, 9.17) is 4.74 Å². The van der Waals surface area contributed by atoms with E-state index in [0.29, 0.717) is 29.8 Å². The number of benzene rings is 3. The van der Waals surface area contributed by atoms with Crippen molar-refractivity contribution in [1.29, 1.82) is 0 Å². The summed E-state index contributed by atoms with van der Waals surface area (Å²) >= 11 is 0. The minimum Gasteiger partial charge on any atom is -0.497 e. The van der Waals surface area contributed by atoms with Gasteiger partial charge in [-0.25, -0.2) is 8.42 Å². The summed E-state index contributed by atoms with van der Waals surface area (Å²) in [6.07, 6.45) is 0.654. The zero-order chi connectivity index (χ0) is 22.4. The third-order valence-electron chi connectivity index (χ3n) is 5.01. The topological polar surface area (TPSA) is 84.5 Å². The molecule has 0 atom stereocenters. The first-order valence-electron chi connectivity index (χ1n) is 9.90. The molecule has 0 aliphatic heterocycles. The summed E-state index contributed by atoms with van der Waals surface area (Å²) in [7, 11) is -2.21. The maximum atomic E-state index is 12.8. The van der Waals surface area contributed by atoms with Crippen molar-refractivity contribution in [2.24, 2.45) is 0 Å². The van der Waals surface area contributed by atoms with Crippen LogP contribution in [0.5, 0.6) is 5.75 Å². The molecule has 2 N–H and O–H groups in total. The van der Waals surface area contributed by atoms with Crippen molar-refractivity contribution in [2.75, 3.05) is 18.4 Å². The lowest BCUT2D eigenvalue weighted by Gasteiger charge is -2.13. The van der Waals surface area contributed by atoms with E-state index in [2.05, 4.69) is 10.0 Å². The molecule has 7 heteroatoms. The second-order valence-electron chi connectivity index (χ2n) is 7.25. The van der Waals surface area contributed by atoms with Gasteiger partial charge in [0.05, 0.1) is 17.7 Å². The Morgan fingerprint density at radius 3 is 2.32 bits per heavy atom. The third-order valence-corrected chi connectivity index (χ3v) is 6.37. The predicted octanol–water partition coefficient (Wildman–Crippen LogP) is 4.09. The van der Waals surface area contributed by atoms with Crippen LogP contribution in [0.25, 0.3) is 0 Å². The lowest BCUT2D eigenvalue weighted by molar-refractivity contribution is 0.0953. The molecule has 3 rings (SSSR count). The van der Waals surface area contributed by atoms with Gasteiger partial charge in [-0.3, -0.25) is 9.52 Å². The van der Waals surface area contributed by atoms with Crippen LogP contribution in [0.4, 0.5) is 5.69 Å². The van der Waals surface area contributed by atoms with Crippen LogP contribution in [0.3, 0.4) is 0 Å². The van der Waals surface area contributed by atoms with Crippen molar-refractivity contribution in [2.45, 2.75) is 25.2 Å². The molecule has 1 amide bonds. The molecule has 162 valence electrons. The summed E-state index contributed by atoms with van der Waals surface area (Å²) in [6, 6.07) is 19.3. The number of amides is 1. The van der Waals surface area contributed by atoms with E-state index in [1.54, 1.807) is 32.2 Å². The smallest absolute Gasteiger partial charge is 0.261 e. The average Bonchev–Trinajstić information content (AvgIpc) is 2.76. The Hall–Kier alpha value is -3.32. The number of methoxy groups -OCH3 is 1. The molecule has 0 radical (unpaired) electrons. The molecule has 0 aliphatic rings. The molecule has 0 unspecified atom stereocenters. The zero-order valence-corrected chi connectivity index (χ0v) is 18.6. The number of hydrogen-bond acceptors (Lipinski definition) is 4. The molecule has 0 spiro atoms. The Labute approximate surface area is 183 Å². The van der Waals surface area contributed by atoms with Gasteiger partial charge in [-0.15, -0.1) is 0 Å². The Morgan fingerprint density at radius 1 is 0.935 bits per heavy atom. The van der Waals surface area contributed by atoms with Crippen LogP contribution in [0.1, 0.15) is 27.0 Å². The number of carbonyl (C=O) groups excluding carboxylic acids is 1. The molecule has 0 saturated carbocycles. The predicted molar refractivity (Wildman–Crippen MR) is 122 cm³/mol. The molecule has 6 nitrogen and oxygen atoms in total. The third kappa shape index (κ3) is 5.64. The Kier molecular flexibility index (Phi) is 6.97. The molecule has 0 aliphatic carbocycles. The number of sulfonamides is 1. The number of anilines is 1. The van der Waals surface area contributed by atoms with E-state index >= 15 is 0 Å². The molecule has 0 aromatic heterocycles. The Balaban J connectivity index is 1.70. The highest BCUT2D eigenvalue weighted by Crippen LogP contribution is 2.21. The fourth-order valence-electron chi connectivity index (χ4n) is 3.11. The average molecular weight is 439 g/mol. The standard InChI is InChI=1S/C24H26N2O4S/c1-17-8-13-21(31(28,29)26-23-7-5-4-6-18(23)2)16-22(17)24(27)25-15-14-19-9-11-20(30-3)12-10-19/h4-13,16,26H,14-15H2,1-3H3,(H,25,27). The van der Waals surface area contributed by atoms with Gasteiger partial charge in [0, 0.05) is 12.1 Å². The van der Waals surface area contributed by atoms with Crippen molar-refractivity contribution in [1.82, 2.24) is 5.32 Å². The van der Waals surface area contributed by atoms with Crippen LogP contribution < -0.4 is 14.8 Å². The van der Waals surface area contributed by atoms with E-state index in [1.807, 2.05) is 43.3 Å². The minimum absolute atomic E-state index is 0.0432. The molecule has 0 heterocycles. The van der Waals surface area contributed by atoms with E-state index in [0.717, 1.165) is 16.9 Å². The van der Waals surface area contributed by atoms with Crippen LogP contribution in [0, 0.1) is 13.8 Å². The van der Waals surface area contributed by atoms with Crippen LogP contribution in [0.2, 0.25) is 0 Å². The molecule has 31 heavy (non-hydrogen) atoms. The van der Waals surface area contributed by atoms with Gasteiger partial charge in [0.1, 0.15) is 5.75 Å². The quantitative estimate of drug-likeness (QED) is 0.555. The highest BCUT2D eigenvalue weighted by atomic mass is 32.2. The summed E-state index contributed by atoms with van der Waals surface area (Å²) < 4.78 is 33.4. The number of ether oxygens (including phenoxy) is 1. The number of nitrogens with one attached hydrogen (secondary N) is 2. The van der Waals surface area contributed by atoms with Crippen LogP contribution >= 0.6 is 0 Å².